The highest BCUT2D eigenvalue weighted by atomic mass is 79.9. The van der Waals surface area contributed by atoms with Gasteiger partial charge in [-0.05, 0) is 24.6 Å². The molecule has 146 valence electrons. The second kappa shape index (κ2) is 8.96. The van der Waals surface area contributed by atoms with Crippen LogP contribution in [-0.2, 0) is 11.3 Å². The minimum absolute atomic E-state index is 0.0567. The molecule has 2 rings (SSSR count). The standard InChI is InChI=1S/C17H20BrFN4O4/c1-3-6-23-14(20)13(15(24)21-17(23)26)22(7-8-27-2)16(25)11-9-10(18)4-5-12(11)19/h4-5,9H,3,6-8,20H2,1-2H3,(H,21,24,26). The van der Waals surface area contributed by atoms with Crippen LogP contribution in [0.5, 0.6) is 0 Å². The number of carbonyl (C=O) groups excluding carboxylic acids is 1. The first-order valence-corrected chi connectivity index (χ1v) is 8.99. The number of rotatable bonds is 7. The summed E-state index contributed by atoms with van der Waals surface area (Å²) in [5.74, 6) is -1.68. The van der Waals surface area contributed by atoms with Crippen molar-refractivity contribution >= 4 is 33.3 Å². The van der Waals surface area contributed by atoms with Gasteiger partial charge in [-0.3, -0.25) is 24.0 Å². The lowest BCUT2D eigenvalue weighted by Crippen LogP contribution is -2.42. The van der Waals surface area contributed by atoms with Crippen molar-refractivity contribution in [2.75, 3.05) is 30.9 Å². The number of H-pyrrole nitrogens is 1. The zero-order chi connectivity index (χ0) is 20.1. The van der Waals surface area contributed by atoms with E-state index in [1.807, 2.05) is 6.92 Å². The number of nitrogens with zero attached hydrogens (tertiary/aromatic N) is 2. The molecule has 0 fully saturated rings. The molecular weight excluding hydrogens is 423 g/mol. The van der Waals surface area contributed by atoms with E-state index in [0.717, 1.165) is 11.0 Å². The summed E-state index contributed by atoms with van der Waals surface area (Å²) in [6.45, 7) is 2.11. The van der Waals surface area contributed by atoms with Gasteiger partial charge in [0.05, 0.1) is 12.2 Å². The third kappa shape index (κ3) is 4.45. The summed E-state index contributed by atoms with van der Waals surface area (Å²) in [7, 11) is 1.42. The third-order valence-electron chi connectivity index (χ3n) is 3.85. The molecule has 3 N–H and O–H groups in total. The summed E-state index contributed by atoms with van der Waals surface area (Å²) >= 11 is 3.19. The fraction of sp³-hybridized carbons (Fsp3) is 0.353. The average Bonchev–Trinajstić information content (AvgIpc) is 2.62. The zero-order valence-electron chi connectivity index (χ0n) is 14.9. The van der Waals surface area contributed by atoms with Crippen molar-refractivity contribution in [2.45, 2.75) is 19.9 Å². The van der Waals surface area contributed by atoms with Gasteiger partial charge in [-0.2, -0.15) is 0 Å². The Labute approximate surface area is 162 Å². The number of nitrogens with two attached hydrogens (primary N) is 1. The van der Waals surface area contributed by atoms with Gasteiger partial charge in [-0.1, -0.05) is 22.9 Å². The smallest absolute Gasteiger partial charge is 0.330 e. The van der Waals surface area contributed by atoms with Crippen LogP contribution in [0.3, 0.4) is 0 Å². The number of nitrogen functional groups attached to an aromatic ring is 1. The maximum absolute atomic E-state index is 14.2. The monoisotopic (exact) mass is 442 g/mol. The van der Waals surface area contributed by atoms with E-state index < -0.39 is 23.0 Å². The van der Waals surface area contributed by atoms with Crippen molar-refractivity contribution in [1.82, 2.24) is 9.55 Å². The Kier molecular flexibility index (Phi) is 6.92. The van der Waals surface area contributed by atoms with E-state index in [1.54, 1.807) is 0 Å². The van der Waals surface area contributed by atoms with Crippen LogP contribution in [0.2, 0.25) is 0 Å². The SMILES string of the molecule is CCCn1c(N)c(N(CCOC)C(=O)c2cc(Br)ccc2F)c(=O)[nH]c1=O. The van der Waals surface area contributed by atoms with Gasteiger partial charge in [0, 0.05) is 24.7 Å². The van der Waals surface area contributed by atoms with E-state index in [9.17, 15) is 18.8 Å². The second-order valence-electron chi connectivity index (χ2n) is 5.72. The molecular formula is C17H20BrFN4O4. The third-order valence-corrected chi connectivity index (χ3v) is 4.35. The van der Waals surface area contributed by atoms with Crippen LogP contribution in [0.4, 0.5) is 15.9 Å². The Bertz CT molecular complexity index is 957. The number of hydrogen-bond acceptors (Lipinski definition) is 5. The number of nitrogens with one attached hydrogen (secondary N) is 1. The molecule has 0 radical (unpaired) electrons. The Morgan fingerprint density at radius 1 is 1.41 bits per heavy atom. The molecule has 0 aliphatic heterocycles. The van der Waals surface area contributed by atoms with Gasteiger partial charge in [-0.25, -0.2) is 9.18 Å². The molecule has 0 spiro atoms. The molecule has 0 aliphatic carbocycles. The van der Waals surface area contributed by atoms with Crippen molar-refractivity contribution in [3.8, 4) is 0 Å². The van der Waals surface area contributed by atoms with Crippen molar-refractivity contribution in [3.05, 3.63) is 54.9 Å². The van der Waals surface area contributed by atoms with Crippen LogP contribution in [0.25, 0.3) is 0 Å². The molecule has 1 amide bonds. The fourth-order valence-electron chi connectivity index (χ4n) is 2.59. The number of benzene rings is 1. The number of amides is 1. The predicted octanol–water partition coefficient (Wildman–Crippen LogP) is 1.72. The number of aromatic nitrogens is 2. The van der Waals surface area contributed by atoms with Gasteiger partial charge in [0.15, 0.2) is 5.69 Å². The summed E-state index contributed by atoms with van der Waals surface area (Å²) in [6.07, 6.45) is 0.585. The van der Waals surface area contributed by atoms with Gasteiger partial charge in [-0.15, -0.1) is 0 Å². The summed E-state index contributed by atoms with van der Waals surface area (Å²) < 4.78 is 20.9. The lowest BCUT2D eigenvalue weighted by molar-refractivity contribution is 0.0971. The molecule has 2 aromatic rings. The number of ether oxygens (including phenoxy) is 1. The quantitative estimate of drug-likeness (QED) is 0.677. The molecule has 1 aromatic carbocycles. The van der Waals surface area contributed by atoms with Crippen molar-refractivity contribution < 1.29 is 13.9 Å². The lowest BCUT2D eigenvalue weighted by Gasteiger charge is -2.24. The van der Waals surface area contributed by atoms with Crippen LogP contribution in [0.1, 0.15) is 23.7 Å². The van der Waals surface area contributed by atoms with Crippen LogP contribution in [0.15, 0.2) is 32.3 Å². The fourth-order valence-corrected chi connectivity index (χ4v) is 2.95. The van der Waals surface area contributed by atoms with Crippen LogP contribution < -0.4 is 21.9 Å². The largest absolute Gasteiger partial charge is 0.383 e. The summed E-state index contributed by atoms with van der Waals surface area (Å²) in [4.78, 5) is 40.6. The topological polar surface area (TPSA) is 110 Å². The number of methoxy groups -OCH3 is 1. The number of aromatic amines is 1. The van der Waals surface area contributed by atoms with Crippen molar-refractivity contribution in [3.63, 3.8) is 0 Å². The molecule has 0 atom stereocenters. The molecule has 1 heterocycles. The number of hydrogen-bond donors (Lipinski definition) is 2. The minimum atomic E-state index is -0.829. The number of halogens is 2. The second-order valence-corrected chi connectivity index (χ2v) is 6.63. The van der Waals surface area contributed by atoms with E-state index in [1.165, 1.54) is 23.8 Å². The summed E-state index contributed by atoms with van der Waals surface area (Å²) in [6, 6.07) is 3.90. The van der Waals surface area contributed by atoms with Gasteiger partial charge in [0.2, 0.25) is 0 Å². The maximum atomic E-state index is 14.2. The van der Waals surface area contributed by atoms with Gasteiger partial charge in [0.25, 0.3) is 11.5 Å². The number of anilines is 2. The molecule has 8 nitrogen and oxygen atoms in total. The Hall–Kier alpha value is -2.46. The molecule has 10 heteroatoms. The highest BCUT2D eigenvalue weighted by Gasteiger charge is 2.27. The van der Waals surface area contributed by atoms with E-state index in [0.29, 0.717) is 10.9 Å². The average molecular weight is 443 g/mol. The highest BCUT2D eigenvalue weighted by Crippen LogP contribution is 2.22. The Morgan fingerprint density at radius 3 is 2.74 bits per heavy atom. The highest BCUT2D eigenvalue weighted by molar-refractivity contribution is 9.10. The van der Waals surface area contributed by atoms with Gasteiger partial charge < -0.3 is 10.5 Å². The van der Waals surface area contributed by atoms with Crippen molar-refractivity contribution in [1.29, 1.82) is 0 Å². The molecule has 0 saturated carbocycles. The molecule has 0 unspecified atom stereocenters. The summed E-state index contributed by atoms with van der Waals surface area (Å²) in [5, 5.41) is 0. The van der Waals surface area contributed by atoms with Gasteiger partial charge in [0.1, 0.15) is 11.6 Å². The molecule has 0 aliphatic rings. The van der Waals surface area contributed by atoms with E-state index in [-0.39, 0.29) is 36.8 Å². The minimum Gasteiger partial charge on any atom is -0.383 e. The first kappa shape index (κ1) is 20.8. The molecule has 1 aromatic heterocycles. The molecule has 0 saturated heterocycles. The van der Waals surface area contributed by atoms with Gasteiger partial charge >= 0.3 is 5.69 Å². The van der Waals surface area contributed by atoms with Crippen LogP contribution in [-0.4, -0.2) is 35.7 Å². The first-order chi connectivity index (χ1) is 12.8. The maximum Gasteiger partial charge on any atom is 0.330 e. The van der Waals surface area contributed by atoms with E-state index >= 15 is 0 Å². The lowest BCUT2D eigenvalue weighted by atomic mass is 10.1. The predicted molar refractivity (Wildman–Crippen MR) is 104 cm³/mol. The van der Waals surface area contributed by atoms with Crippen molar-refractivity contribution in [2.24, 2.45) is 0 Å². The van der Waals surface area contributed by atoms with E-state index in [2.05, 4.69) is 20.9 Å². The molecule has 0 bridgehead atoms. The van der Waals surface area contributed by atoms with E-state index in [4.69, 9.17) is 10.5 Å². The molecule has 27 heavy (non-hydrogen) atoms. The first-order valence-electron chi connectivity index (χ1n) is 8.20. The Balaban J connectivity index is 2.65. The van der Waals surface area contributed by atoms with Crippen LogP contribution in [0, 0.1) is 5.82 Å². The zero-order valence-corrected chi connectivity index (χ0v) is 16.5. The number of carbonyl (C=O) groups is 1. The summed E-state index contributed by atoms with van der Waals surface area (Å²) in [5.41, 5.74) is 4.07. The normalized spacial score (nSPS) is 10.8. The Morgan fingerprint density at radius 2 is 2.11 bits per heavy atom. The van der Waals surface area contributed by atoms with Crippen LogP contribution >= 0.6 is 15.9 Å².